The van der Waals surface area contributed by atoms with E-state index in [1.807, 2.05) is 36.4 Å². The van der Waals surface area contributed by atoms with E-state index in [9.17, 15) is 14.2 Å². The van der Waals surface area contributed by atoms with Crippen molar-refractivity contribution in [1.29, 1.82) is 0 Å². The van der Waals surface area contributed by atoms with Gasteiger partial charge in [-0.3, -0.25) is 14.2 Å². The normalized spacial score (nSPS) is 11.2. The van der Waals surface area contributed by atoms with Crippen LogP contribution in [0, 0.1) is 0 Å². The van der Waals surface area contributed by atoms with Crippen LogP contribution in [-0.4, -0.2) is 34.7 Å². The first kappa shape index (κ1) is 20.0. The predicted octanol–water partition coefficient (Wildman–Crippen LogP) is 4.27. The van der Waals surface area contributed by atoms with Gasteiger partial charge in [0.1, 0.15) is 24.6 Å². The minimum absolute atomic E-state index is 0.208. The molecular weight excluding hydrogens is 403 g/mol. The summed E-state index contributed by atoms with van der Waals surface area (Å²) in [4.78, 5) is 33.0. The summed E-state index contributed by atoms with van der Waals surface area (Å²) in [6.45, 7) is -0.906. The summed E-state index contributed by atoms with van der Waals surface area (Å²) in [5.74, 6) is -0.851. The number of carbonyl (C=O) groups is 2. The number of ketones is 2. The average molecular weight is 420 g/mol. The maximum Gasteiger partial charge on any atom is 0.320 e. The number of aromatic nitrogens is 2. The average Bonchev–Trinajstić information content (AvgIpc) is 2.80. The summed E-state index contributed by atoms with van der Waals surface area (Å²) in [6, 6.07) is 21.5. The Morgan fingerprint density at radius 3 is 1.57 bits per heavy atom. The summed E-state index contributed by atoms with van der Waals surface area (Å²) in [7, 11) is -3.03. The lowest BCUT2D eigenvalue weighted by Gasteiger charge is -2.06. The van der Waals surface area contributed by atoms with Crippen LogP contribution in [0.2, 0.25) is 0 Å². The highest BCUT2D eigenvalue weighted by molar-refractivity contribution is 7.33. The molecule has 0 radical (unpaired) electrons. The van der Waals surface area contributed by atoms with Gasteiger partial charge in [0.2, 0.25) is 11.6 Å². The number of rotatable bonds is 8. The van der Waals surface area contributed by atoms with Crippen LogP contribution >= 0.6 is 8.25 Å². The Labute approximate surface area is 172 Å². The number of carbonyl (C=O) groups excluding carboxylic acids is 2. The summed E-state index contributed by atoms with van der Waals surface area (Å²) < 4.78 is 21.9. The number of hydrogen-bond acceptors (Lipinski definition) is 7. The SMILES string of the molecule is O=C(CO[PH](=O)OCC(=O)c1ccc2ccccc2n1)c1ccc2ccccc2n1. The van der Waals surface area contributed by atoms with Crippen molar-refractivity contribution in [3.63, 3.8) is 0 Å². The third-order valence-electron chi connectivity index (χ3n) is 4.41. The second-order valence-electron chi connectivity index (χ2n) is 6.45. The standard InChI is InChI=1S/C22H17N2O5P/c25-21(19-11-9-15-5-1-3-7-17(15)23-19)13-28-30(27)29-14-22(26)20-12-10-16-6-2-4-8-18(16)24-20/h1-12,30H,13-14H2. The number of Topliss-reactive ketones (excluding diaryl/α,β-unsaturated/α-hetero) is 2. The van der Waals surface area contributed by atoms with E-state index in [4.69, 9.17) is 9.05 Å². The second kappa shape index (κ2) is 9.05. The molecule has 0 saturated heterocycles. The first-order valence-electron chi connectivity index (χ1n) is 9.18. The molecule has 4 aromatic rings. The molecule has 0 amide bonds. The topological polar surface area (TPSA) is 95.5 Å². The predicted molar refractivity (Wildman–Crippen MR) is 113 cm³/mol. The van der Waals surface area contributed by atoms with Crippen LogP contribution in [0.4, 0.5) is 0 Å². The van der Waals surface area contributed by atoms with Gasteiger partial charge in [0, 0.05) is 10.8 Å². The highest BCUT2D eigenvalue weighted by Gasteiger charge is 2.14. The molecular formula is C22H17N2O5P. The van der Waals surface area contributed by atoms with Crippen molar-refractivity contribution < 1.29 is 23.2 Å². The zero-order chi connectivity index (χ0) is 20.9. The zero-order valence-electron chi connectivity index (χ0n) is 15.8. The third kappa shape index (κ3) is 4.66. The smallest absolute Gasteiger partial charge is 0.302 e. The summed E-state index contributed by atoms with van der Waals surface area (Å²) in [5.41, 5.74) is 1.78. The van der Waals surface area contributed by atoms with Crippen molar-refractivity contribution in [2.24, 2.45) is 0 Å². The van der Waals surface area contributed by atoms with Crippen molar-refractivity contribution in [1.82, 2.24) is 9.97 Å². The number of para-hydroxylation sites is 2. The van der Waals surface area contributed by atoms with Crippen LogP contribution in [0.25, 0.3) is 21.8 Å². The van der Waals surface area contributed by atoms with Crippen molar-refractivity contribution in [2.45, 2.75) is 0 Å². The molecule has 2 aromatic carbocycles. The van der Waals surface area contributed by atoms with Gasteiger partial charge in [-0.25, -0.2) is 9.97 Å². The molecule has 8 heteroatoms. The van der Waals surface area contributed by atoms with E-state index in [0.717, 1.165) is 10.8 Å². The van der Waals surface area contributed by atoms with E-state index in [1.54, 1.807) is 36.4 Å². The Bertz CT molecular complexity index is 1180. The molecule has 2 heterocycles. The van der Waals surface area contributed by atoms with Gasteiger partial charge in [-0.2, -0.15) is 0 Å². The van der Waals surface area contributed by atoms with Crippen LogP contribution in [-0.2, 0) is 13.6 Å². The van der Waals surface area contributed by atoms with Crippen LogP contribution in [0.1, 0.15) is 21.0 Å². The van der Waals surface area contributed by atoms with Gasteiger partial charge in [-0.05, 0) is 24.3 Å². The molecule has 0 aliphatic rings. The Kier molecular flexibility index (Phi) is 6.05. The van der Waals surface area contributed by atoms with Gasteiger partial charge in [-0.1, -0.05) is 48.5 Å². The van der Waals surface area contributed by atoms with Crippen LogP contribution < -0.4 is 0 Å². The zero-order valence-corrected chi connectivity index (χ0v) is 16.8. The van der Waals surface area contributed by atoms with Crippen LogP contribution in [0.15, 0.2) is 72.8 Å². The third-order valence-corrected chi connectivity index (χ3v) is 5.17. The molecule has 0 unspecified atom stereocenters. The number of nitrogens with zero attached hydrogens (tertiary/aromatic N) is 2. The van der Waals surface area contributed by atoms with Crippen LogP contribution in [0.5, 0.6) is 0 Å². The van der Waals surface area contributed by atoms with E-state index >= 15 is 0 Å². The van der Waals surface area contributed by atoms with Crippen LogP contribution in [0.3, 0.4) is 0 Å². The largest absolute Gasteiger partial charge is 0.320 e. The summed E-state index contributed by atoms with van der Waals surface area (Å²) in [6.07, 6.45) is 0. The quantitative estimate of drug-likeness (QED) is 0.310. The maximum atomic E-state index is 12.2. The Balaban J connectivity index is 1.30. The molecule has 0 aliphatic heterocycles. The molecule has 150 valence electrons. The first-order chi connectivity index (χ1) is 14.6. The first-order valence-corrected chi connectivity index (χ1v) is 10.4. The second-order valence-corrected chi connectivity index (χ2v) is 7.53. The number of hydrogen-bond donors (Lipinski definition) is 0. The lowest BCUT2D eigenvalue weighted by Crippen LogP contribution is -2.11. The van der Waals surface area contributed by atoms with Crippen molar-refractivity contribution in [2.75, 3.05) is 13.2 Å². The molecule has 0 fully saturated rings. The number of pyridine rings is 2. The van der Waals surface area contributed by atoms with Gasteiger partial charge in [0.15, 0.2) is 0 Å². The van der Waals surface area contributed by atoms with Gasteiger partial charge in [-0.15, -0.1) is 0 Å². The molecule has 0 atom stereocenters. The fraction of sp³-hybridized carbons (Fsp3) is 0.0909. The Hall–Kier alpha value is -3.25. The fourth-order valence-corrected chi connectivity index (χ4v) is 3.46. The molecule has 0 N–H and O–H groups in total. The molecule has 2 aromatic heterocycles. The van der Waals surface area contributed by atoms with Gasteiger partial charge in [0.05, 0.1) is 11.0 Å². The van der Waals surface area contributed by atoms with E-state index in [2.05, 4.69) is 9.97 Å². The van der Waals surface area contributed by atoms with E-state index in [1.165, 1.54) is 0 Å². The molecule has 0 spiro atoms. The van der Waals surface area contributed by atoms with Crippen molar-refractivity contribution >= 4 is 41.6 Å². The molecule has 0 saturated carbocycles. The molecule has 0 aliphatic carbocycles. The lowest BCUT2D eigenvalue weighted by atomic mass is 10.2. The maximum absolute atomic E-state index is 12.2. The molecule has 7 nitrogen and oxygen atoms in total. The minimum Gasteiger partial charge on any atom is -0.302 e. The Morgan fingerprint density at radius 1 is 0.667 bits per heavy atom. The van der Waals surface area contributed by atoms with Gasteiger partial charge < -0.3 is 9.05 Å². The number of fused-ring (bicyclic) bond motifs is 2. The highest BCUT2D eigenvalue weighted by atomic mass is 31.1. The summed E-state index contributed by atoms with van der Waals surface area (Å²) in [5, 5.41) is 1.82. The van der Waals surface area contributed by atoms with E-state index in [0.29, 0.717) is 11.0 Å². The Morgan fingerprint density at radius 2 is 1.10 bits per heavy atom. The lowest BCUT2D eigenvalue weighted by molar-refractivity contribution is 0.0872. The number of benzene rings is 2. The van der Waals surface area contributed by atoms with Crippen molar-refractivity contribution in [3.05, 3.63) is 84.2 Å². The van der Waals surface area contributed by atoms with Gasteiger partial charge >= 0.3 is 8.25 Å². The van der Waals surface area contributed by atoms with Crippen molar-refractivity contribution in [3.8, 4) is 0 Å². The molecule has 4 rings (SSSR count). The monoisotopic (exact) mass is 420 g/mol. The van der Waals surface area contributed by atoms with E-state index < -0.39 is 33.0 Å². The molecule has 0 bridgehead atoms. The molecule has 30 heavy (non-hydrogen) atoms. The summed E-state index contributed by atoms with van der Waals surface area (Å²) >= 11 is 0. The fourth-order valence-electron chi connectivity index (χ4n) is 2.88. The minimum atomic E-state index is -3.03. The highest BCUT2D eigenvalue weighted by Crippen LogP contribution is 2.24. The van der Waals surface area contributed by atoms with Gasteiger partial charge in [0.25, 0.3) is 0 Å². The van der Waals surface area contributed by atoms with E-state index in [-0.39, 0.29) is 11.4 Å².